The number of hydrogen-bond donors (Lipinski definition) is 2. The number of imidazole rings is 1. The Morgan fingerprint density at radius 1 is 1.10 bits per heavy atom. The highest BCUT2D eigenvalue weighted by atomic mass is 35.5. The lowest BCUT2D eigenvalue weighted by atomic mass is 9.71. The highest BCUT2D eigenvalue weighted by Gasteiger charge is 2.30. The van der Waals surface area contributed by atoms with Gasteiger partial charge in [0.05, 0.1) is 11.9 Å². The molecule has 1 aromatic carbocycles. The zero-order chi connectivity index (χ0) is 20.2. The van der Waals surface area contributed by atoms with Crippen molar-refractivity contribution in [3.05, 3.63) is 71.9 Å². The predicted molar refractivity (Wildman–Crippen MR) is 110 cm³/mol. The summed E-state index contributed by atoms with van der Waals surface area (Å²) in [5.74, 6) is 0.200. The number of amides is 2. The lowest BCUT2D eigenvalue weighted by Gasteiger charge is -2.35. The summed E-state index contributed by atoms with van der Waals surface area (Å²) in [5.41, 5.74) is 1.72. The van der Waals surface area contributed by atoms with Gasteiger partial charge in [-0.2, -0.15) is 0 Å². The minimum atomic E-state index is -0.698. The molecule has 1 saturated carbocycles. The molecule has 4 rings (SSSR count). The van der Waals surface area contributed by atoms with Crippen LogP contribution in [0.2, 0.25) is 5.02 Å². The number of rotatable bonds is 5. The van der Waals surface area contributed by atoms with Crippen LogP contribution in [0.5, 0.6) is 0 Å². The summed E-state index contributed by atoms with van der Waals surface area (Å²) in [6.07, 6.45) is 8.54. The molecule has 148 valence electrons. The third-order valence-electron chi connectivity index (χ3n) is 5.11. The van der Waals surface area contributed by atoms with Crippen LogP contribution >= 0.6 is 11.6 Å². The Balaban J connectivity index is 1.21. The average Bonchev–Trinajstić information content (AvgIpc) is 3.23. The van der Waals surface area contributed by atoms with Gasteiger partial charge in [-0.3, -0.25) is 14.2 Å². The maximum atomic E-state index is 12.1. The van der Waals surface area contributed by atoms with Crippen molar-refractivity contribution in [3.8, 4) is 5.82 Å². The van der Waals surface area contributed by atoms with Gasteiger partial charge in [0.1, 0.15) is 12.1 Å². The van der Waals surface area contributed by atoms with Gasteiger partial charge in [0.2, 0.25) is 0 Å². The summed E-state index contributed by atoms with van der Waals surface area (Å²) in [6.45, 7) is 0.494. The molecule has 29 heavy (non-hydrogen) atoms. The number of pyridine rings is 1. The summed E-state index contributed by atoms with van der Waals surface area (Å²) < 4.78 is 1.74. The van der Waals surface area contributed by atoms with Crippen molar-refractivity contribution in [2.75, 3.05) is 11.9 Å². The van der Waals surface area contributed by atoms with Crippen molar-refractivity contribution in [3.63, 3.8) is 0 Å². The maximum absolute atomic E-state index is 12.1. The van der Waals surface area contributed by atoms with Crippen LogP contribution in [0.15, 0.2) is 61.3 Å². The van der Waals surface area contributed by atoms with Crippen LogP contribution in [0, 0.1) is 5.92 Å². The quantitative estimate of drug-likeness (QED) is 0.633. The second-order valence-electron chi connectivity index (χ2n) is 7.13. The molecule has 0 saturated heterocycles. The molecule has 0 spiro atoms. The number of halogens is 1. The van der Waals surface area contributed by atoms with Crippen LogP contribution in [0.25, 0.3) is 5.82 Å². The average molecular weight is 410 g/mol. The predicted octanol–water partition coefficient (Wildman–Crippen LogP) is 3.17. The van der Waals surface area contributed by atoms with Gasteiger partial charge >= 0.3 is 11.8 Å². The third kappa shape index (κ3) is 4.63. The number of carbonyl (C=O) groups excluding carboxylic acids is 2. The first-order chi connectivity index (χ1) is 14.1. The minimum Gasteiger partial charge on any atom is -0.348 e. The first-order valence-electron chi connectivity index (χ1n) is 9.37. The molecule has 0 bridgehead atoms. The summed E-state index contributed by atoms with van der Waals surface area (Å²) >= 11 is 5.92. The molecule has 2 heterocycles. The molecule has 8 heteroatoms. The molecule has 0 aliphatic heterocycles. The third-order valence-corrected chi connectivity index (χ3v) is 5.36. The number of hydrogen-bond acceptors (Lipinski definition) is 4. The van der Waals surface area contributed by atoms with Gasteiger partial charge in [-0.15, -0.1) is 0 Å². The number of anilines is 1. The zero-order valence-electron chi connectivity index (χ0n) is 15.6. The molecular weight excluding hydrogens is 390 g/mol. The SMILES string of the molecule is O=C(NCC1CC(c2ccc(Cl)cc2)C1)C(=O)Nc1ccc(-n2ccnc2)nc1. The van der Waals surface area contributed by atoms with Crippen LogP contribution in [-0.2, 0) is 9.59 Å². The molecule has 0 radical (unpaired) electrons. The van der Waals surface area contributed by atoms with Crippen LogP contribution in [-0.4, -0.2) is 32.9 Å². The van der Waals surface area contributed by atoms with Crippen molar-refractivity contribution in [2.24, 2.45) is 5.92 Å². The van der Waals surface area contributed by atoms with E-state index in [-0.39, 0.29) is 0 Å². The van der Waals surface area contributed by atoms with E-state index in [1.165, 1.54) is 11.8 Å². The second-order valence-corrected chi connectivity index (χ2v) is 7.56. The van der Waals surface area contributed by atoms with Gasteiger partial charge in [-0.05, 0) is 54.5 Å². The molecule has 1 aliphatic rings. The maximum Gasteiger partial charge on any atom is 0.313 e. The van der Waals surface area contributed by atoms with E-state index in [4.69, 9.17) is 11.6 Å². The van der Waals surface area contributed by atoms with Gasteiger partial charge in [-0.25, -0.2) is 9.97 Å². The molecule has 2 aromatic heterocycles. The second kappa shape index (κ2) is 8.45. The number of nitrogens with zero attached hydrogens (tertiary/aromatic N) is 3. The fourth-order valence-electron chi connectivity index (χ4n) is 3.42. The molecule has 3 aromatic rings. The van der Waals surface area contributed by atoms with E-state index in [9.17, 15) is 9.59 Å². The topological polar surface area (TPSA) is 88.9 Å². The Kier molecular flexibility index (Phi) is 5.57. The van der Waals surface area contributed by atoms with Crippen molar-refractivity contribution in [2.45, 2.75) is 18.8 Å². The van der Waals surface area contributed by atoms with Crippen molar-refractivity contribution in [1.82, 2.24) is 19.9 Å². The van der Waals surface area contributed by atoms with Gasteiger partial charge in [-0.1, -0.05) is 23.7 Å². The van der Waals surface area contributed by atoms with E-state index >= 15 is 0 Å². The van der Waals surface area contributed by atoms with Crippen LogP contribution in [0.4, 0.5) is 5.69 Å². The number of nitrogens with one attached hydrogen (secondary N) is 2. The first kappa shape index (κ1) is 19.1. The lowest BCUT2D eigenvalue weighted by Crippen LogP contribution is -2.40. The van der Waals surface area contributed by atoms with E-state index in [2.05, 4.69) is 20.6 Å². The minimum absolute atomic E-state index is 0.378. The Morgan fingerprint density at radius 3 is 2.55 bits per heavy atom. The Morgan fingerprint density at radius 2 is 1.90 bits per heavy atom. The monoisotopic (exact) mass is 409 g/mol. The Bertz CT molecular complexity index is 981. The molecule has 7 nitrogen and oxygen atoms in total. The first-order valence-corrected chi connectivity index (χ1v) is 9.75. The van der Waals surface area contributed by atoms with E-state index in [1.54, 1.807) is 35.4 Å². The lowest BCUT2D eigenvalue weighted by molar-refractivity contribution is -0.136. The summed E-state index contributed by atoms with van der Waals surface area (Å²) in [4.78, 5) is 32.3. The van der Waals surface area contributed by atoms with Gasteiger partial charge < -0.3 is 10.6 Å². The van der Waals surface area contributed by atoms with Crippen molar-refractivity contribution in [1.29, 1.82) is 0 Å². The van der Waals surface area contributed by atoms with E-state index < -0.39 is 11.8 Å². The molecule has 1 fully saturated rings. The summed E-state index contributed by atoms with van der Waals surface area (Å²) in [5, 5.41) is 6.01. The van der Waals surface area contributed by atoms with Crippen molar-refractivity contribution < 1.29 is 9.59 Å². The van der Waals surface area contributed by atoms with Crippen molar-refractivity contribution >= 4 is 29.1 Å². The fourth-order valence-corrected chi connectivity index (χ4v) is 3.55. The smallest absolute Gasteiger partial charge is 0.313 e. The molecule has 0 unspecified atom stereocenters. The number of benzene rings is 1. The molecular formula is C21H20ClN5O2. The summed E-state index contributed by atoms with van der Waals surface area (Å²) in [6, 6.07) is 11.3. The van der Waals surface area contributed by atoms with Gasteiger partial charge in [0.15, 0.2) is 0 Å². The molecule has 1 aliphatic carbocycles. The van der Waals surface area contributed by atoms with Gasteiger partial charge in [0, 0.05) is 24.0 Å². The largest absolute Gasteiger partial charge is 0.348 e. The number of aromatic nitrogens is 3. The standard InChI is InChI=1S/C21H20ClN5O2/c22-17-3-1-15(2-4-17)16-9-14(10-16)11-25-20(28)21(29)26-18-5-6-19(24-12-18)27-8-7-23-13-27/h1-8,12-14,16H,9-11H2,(H,25,28)(H,26,29). The zero-order valence-corrected chi connectivity index (χ0v) is 16.3. The van der Waals surface area contributed by atoms with Gasteiger partial charge in [0.25, 0.3) is 0 Å². The highest BCUT2D eigenvalue weighted by molar-refractivity contribution is 6.39. The Hall–Kier alpha value is -3.19. The highest BCUT2D eigenvalue weighted by Crippen LogP contribution is 2.41. The van der Waals surface area contributed by atoms with Crippen LogP contribution < -0.4 is 10.6 Å². The van der Waals surface area contributed by atoms with Crippen LogP contribution in [0.1, 0.15) is 24.3 Å². The molecule has 2 amide bonds. The molecule has 2 N–H and O–H groups in total. The normalized spacial score (nSPS) is 18.0. The fraction of sp³-hybridized carbons (Fsp3) is 0.238. The Labute approximate surface area is 173 Å². The number of carbonyl (C=O) groups is 2. The molecule has 0 atom stereocenters. The summed E-state index contributed by atoms with van der Waals surface area (Å²) in [7, 11) is 0. The van der Waals surface area contributed by atoms with E-state index in [0.717, 1.165) is 17.9 Å². The van der Waals surface area contributed by atoms with E-state index in [1.807, 2.05) is 24.3 Å². The van der Waals surface area contributed by atoms with Crippen LogP contribution in [0.3, 0.4) is 0 Å². The van der Waals surface area contributed by atoms with E-state index in [0.29, 0.717) is 29.9 Å².